The van der Waals surface area contributed by atoms with Gasteiger partial charge >= 0.3 is 0 Å². The Balaban J connectivity index is 2.32. The van der Waals surface area contributed by atoms with Crippen molar-refractivity contribution in [1.82, 2.24) is 0 Å². The lowest BCUT2D eigenvalue weighted by atomic mass is 9.76. The molecule has 2 rings (SSSR count). The van der Waals surface area contributed by atoms with Crippen molar-refractivity contribution in [1.29, 1.82) is 0 Å². The topological polar surface area (TPSA) is 34.1 Å². The van der Waals surface area contributed by atoms with Gasteiger partial charge in [0, 0.05) is 0 Å². The van der Waals surface area contributed by atoms with E-state index in [1.165, 1.54) is 5.56 Å². The van der Waals surface area contributed by atoms with Crippen molar-refractivity contribution in [2.24, 2.45) is 0 Å². The van der Waals surface area contributed by atoms with Crippen molar-refractivity contribution < 1.29 is 9.59 Å². The van der Waals surface area contributed by atoms with Crippen molar-refractivity contribution in [3.63, 3.8) is 0 Å². The van der Waals surface area contributed by atoms with Gasteiger partial charge in [0.05, 0.1) is 0 Å². The molecule has 0 bridgehead atoms. The van der Waals surface area contributed by atoms with Gasteiger partial charge in [-0.25, -0.2) is 0 Å². The number of carbonyl (C=O) groups is 2. The van der Waals surface area contributed by atoms with E-state index in [2.05, 4.69) is 19.1 Å². The Morgan fingerprint density at radius 2 is 1.42 bits per heavy atom. The fourth-order valence-electron chi connectivity index (χ4n) is 3.09. The van der Waals surface area contributed by atoms with Crippen LogP contribution in [0.3, 0.4) is 0 Å². The van der Waals surface area contributed by atoms with E-state index < -0.39 is 15.9 Å². The highest BCUT2D eigenvalue weighted by Crippen LogP contribution is 2.38. The van der Waals surface area contributed by atoms with Crippen molar-refractivity contribution in [3.05, 3.63) is 71.8 Å². The summed E-state index contributed by atoms with van der Waals surface area (Å²) in [6.45, 7) is 2.09. The zero-order chi connectivity index (χ0) is 17.6. The van der Waals surface area contributed by atoms with Crippen LogP contribution in [0.4, 0.5) is 0 Å². The second-order valence-electron chi connectivity index (χ2n) is 5.87. The summed E-state index contributed by atoms with van der Waals surface area (Å²) in [5.74, 6) is 0.237. The molecule has 0 saturated carbocycles. The van der Waals surface area contributed by atoms with Crippen LogP contribution in [0.25, 0.3) is 0 Å². The van der Waals surface area contributed by atoms with Gasteiger partial charge in [0.1, 0.15) is 5.41 Å². The molecule has 2 aromatic carbocycles. The molecule has 2 nitrogen and oxygen atoms in total. The van der Waals surface area contributed by atoms with Crippen LogP contribution in [0.5, 0.6) is 0 Å². The van der Waals surface area contributed by atoms with Crippen LogP contribution in [0, 0.1) is 0 Å². The molecular weight excluding hydrogens is 343 g/mol. The first-order valence-electron chi connectivity index (χ1n) is 8.02. The molecule has 24 heavy (non-hydrogen) atoms. The lowest BCUT2D eigenvalue weighted by Gasteiger charge is -2.28. The molecule has 0 amide bonds. The van der Waals surface area contributed by atoms with Crippen LogP contribution in [0.2, 0.25) is 0 Å². The SMILES string of the molecule is CCC(CCC(C(=O)Cl)(C(=O)Cl)c1ccccc1)c1ccccc1. The zero-order valence-corrected chi connectivity index (χ0v) is 15.1. The molecule has 1 atom stereocenters. The molecule has 0 spiro atoms. The Labute approximate surface area is 152 Å². The quantitative estimate of drug-likeness (QED) is 0.463. The Hall–Kier alpha value is -1.64. The number of hydrogen-bond donors (Lipinski definition) is 0. The van der Waals surface area contributed by atoms with Crippen LogP contribution < -0.4 is 0 Å². The van der Waals surface area contributed by atoms with Crippen LogP contribution >= 0.6 is 23.2 Å². The predicted molar refractivity (Wildman–Crippen MR) is 98.5 cm³/mol. The highest BCUT2D eigenvalue weighted by atomic mass is 35.5. The summed E-state index contributed by atoms with van der Waals surface area (Å²) in [7, 11) is 0. The third-order valence-corrected chi connectivity index (χ3v) is 5.21. The number of halogens is 2. The fraction of sp³-hybridized carbons (Fsp3) is 0.300. The maximum absolute atomic E-state index is 12.2. The van der Waals surface area contributed by atoms with Crippen molar-refractivity contribution in [3.8, 4) is 0 Å². The highest BCUT2D eigenvalue weighted by Gasteiger charge is 2.45. The number of carbonyl (C=O) groups excluding carboxylic acids is 2. The summed E-state index contributed by atoms with van der Waals surface area (Å²) >= 11 is 11.7. The number of benzene rings is 2. The Morgan fingerprint density at radius 3 is 1.88 bits per heavy atom. The minimum atomic E-state index is -1.49. The average molecular weight is 363 g/mol. The molecule has 2 aromatic rings. The van der Waals surface area contributed by atoms with Crippen LogP contribution in [0.1, 0.15) is 43.2 Å². The molecule has 0 aliphatic heterocycles. The predicted octanol–water partition coefficient (Wildman–Crippen LogP) is 5.43. The van der Waals surface area contributed by atoms with Gasteiger partial charge in [0.25, 0.3) is 0 Å². The summed E-state index contributed by atoms with van der Waals surface area (Å²) in [4.78, 5) is 24.4. The van der Waals surface area contributed by atoms with Crippen LogP contribution in [-0.4, -0.2) is 10.5 Å². The summed E-state index contributed by atoms with van der Waals surface area (Å²) in [5, 5.41) is -1.45. The van der Waals surface area contributed by atoms with Crippen molar-refractivity contribution in [2.75, 3.05) is 0 Å². The standard InChI is InChI=1S/C20H20Cl2O2/c1-2-15(16-9-5-3-6-10-16)13-14-20(18(21)23,19(22)24)17-11-7-4-8-12-17/h3-12,15H,2,13-14H2,1H3. The first-order valence-corrected chi connectivity index (χ1v) is 8.78. The average Bonchev–Trinajstić information content (AvgIpc) is 2.60. The second kappa shape index (κ2) is 8.46. The van der Waals surface area contributed by atoms with Crippen molar-refractivity contribution in [2.45, 2.75) is 37.5 Å². The van der Waals surface area contributed by atoms with Crippen LogP contribution in [-0.2, 0) is 15.0 Å². The van der Waals surface area contributed by atoms with Crippen LogP contribution in [0.15, 0.2) is 60.7 Å². The van der Waals surface area contributed by atoms with Gasteiger partial charge in [0.2, 0.25) is 10.5 Å². The Kier molecular flexibility index (Phi) is 6.59. The maximum Gasteiger partial charge on any atom is 0.241 e. The number of rotatable bonds is 8. The van der Waals surface area contributed by atoms with Gasteiger partial charge < -0.3 is 0 Å². The van der Waals surface area contributed by atoms with E-state index in [0.29, 0.717) is 12.0 Å². The molecule has 4 heteroatoms. The van der Waals surface area contributed by atoms with Gasteiger partial charge in [-0.3, -0.25) is 9.59 Å². The molecule has 1 unspecified atom stereocenters. The van der Waals surface area contributed by atoms with Gasteiger partial charge in [-0.05, 0) is 59.5 Å². The van der Waals surface area contributed by atoms with E-state index in [-0.39, 0.29) is 12.3 Å². The van der Waals surface area contributed by atoms with Gasteiger partial charge in [0.15, 0.2) is 0 Å². The molecule has 0 aromatic heterocycles. The molecule has 0 aliphatic carbocycles. The van der Waals surface area contributed by atoms with Gasteiger partial charge in [-0.1, -0.05) is 67.6 Å². The van der Waals surface area contributed by atoms with E-state index >= 15 is 0 Å². The third kappa shape index (κ3) is 3.88. The summed E-state index contributed by atoms with van der Waals surface area (Å²) in [6, 6.07) is 18.9. The number of hydrogen-bond acceptors (Lipinski definition) is 2. The molecule has 0 heterocycles. The monoisotopic (exact) mass is 362 g/mol. The van der Waals surface area contributed by atoms with Gasteiger partial charge in [-0.2, -0.15) is 0 Å². The minimum Gasteiger partial charge on any atom is -0.280 e. The van der Waals surface area contributed by atoms with E-state index in [1.54, 1.807) is 24.3 Å². The molecule has 126 valence electrons. The molecular formula is C20H20Cl2O2. The van der Waals surface area contributed by atoms with E-state index in [0.717, 1.165) is 6.42 Å². The molecule has 0 N–H and O–H groups in total. The van der Waals surface area contributed by atoms with E-state index in [1.807, 2.05) is 24.3 Å². The van der Waals surface area contributed by atoms with Crippen molar-refractivity contribution >= 4 is 33.7 Å². The normalized spacial score (nSPS) is 12.6. The Bertz CT molecular complexity index is 669. The lowest BCUT2D eigenvalue weighted by molar-refractivity contribution is -0.126. The second-order valence-corrected chi connectivity index (χ2v) is 6.56. The highest BCUT2D eigenvalue weighted by molar-refractivity contribution is 6.76. The molecule has 0 aliphatic rings. The molecule has 0 saturated heterocycles. The zero-order valence-electron chi connectivity index (χ0n) is 13.5. The first kappa shape index (κ1) is 18.7. The van der Waals surface area contributed by atoms with E-state index in [4.69, 9.17) is 23.2 Å². The molecule has 0 fully saturated rings. The van der Waals surface area contributed by atoms with E-state index in [9.17, 15) is 9.59 Å². The summed E-state index contributed by atoms with van der Waals surface area (Å²) in [6.07, 6.45) is 1.84. The fourth-order valence-corrected chi connectivity index (χ4v) is 3.72. The third-order valence-electron chi connectivity index (χ3n) is 4.57. The smallest absolute Gasteiger partial charge is 0.241 e. The summed E-state index contributed by atoms with van der Waals surface area (Å²) in [5.41, 5.74) is 0.242. The summed E-state index contributed by atoms with van der Waals surface area (Å²) < 4.78 is 0. The maximum atomic E-state index is 12.2. The first-order chi connectivity index (χ1) is 11.5. The lowest BCUT2D eigenvalue weighted by Crippen LogP contribution is -2.39. The minimum absolute atomic E-state index is 0.237. The molecule has 0 radical (unpaired) electrons. The largest absolute Gasteiger partial charge is 0.280 e. The van der Waals surface area contributed by atoms with Gasteiger partial charge in [-0.15, -0.1) is 0 Å². The Morgan fingerprint density at radius 1 is 0.917 bits per heavy atom.